The van der Waals surface area contributed by atoms with Gasteiger partial charge in [-0.25, -0.2) is 4.79 Å². The highest BCUT2D eigenvalue weighted by Gasteiger charge is 2.46. The number of esters is 2. The van der Waals surface area contributed by atoms with Crippen LogP contribution in [0.25, 0.3) is 0 Å². The predicted octanol–water partition coefficient (Wildman–Crippen LogP) is 0.679. The molecule has 2 N–H and O–H groups in total. The number of ketones is 2. The maximum atomic E-state index is 13.0. The molecule has 0 aromatic heterocycles. The van der Waals surface area contributed by atoms with Crippen LogP contribution in [0.4, 0.5) is 0 Å². The Kier molecular flexibility index (Phi) is 6.31. The van der Waals surface area contributed by atoms with Gasteiger partial charge in [0.05, 0.1) is 11.2 Å². The average molecular weight is 434 g/mol. The van der Waals surface area contributed by atoms with Gasteiger partial charge in [0.25, 0.3) is 0 Å². The van der Waals surface area contributed by atoms with E-state index in [1.54, 1.807) is 0 Å². The van der Waals surface area contributed by atoms with E-state index >= 15 is 0 Å². The molecule has 31 heavy (non-hydrogen) atoms. The number of aliphatic hydroxyl groups excluding tert-OH is 1. The van der Waals surface area contributed by atoms with Crippen LogP contribution in [0.2, 0.25) is 0 Å². The minimum absolute atomic E-state index is 0.0534. The normalized spacial score (nSPS) is 38.5. The quantitative estimate of drug-likeness (QED) is 0.451. The third-order valence-corrected chi connectivity index (χ3v) is 5.64. The Bertz CT molecular complexity index is 895. The molecule has 2 aliphatic heterocycles. The van der Waals surface area contributed by atoms with Crippen molar-refractivity contribution in [3.63, 3.8) is 0 Å². The molecule has 0 aromatic rings. The summed E-state index contributed by atoms with van der Waals surface area (Å²) in [5.41, 5.74) is -1.15. The maximum absolute atomic E-state index is 13.0. The lowest BCUT2D eigenvalue weighted by atomic mass is 9.84. The minimum atomic E-state index is -1.51. The van der Waals surface area contributed by atoms with E-state index < -0.39 is 59.6 Å². The van der Waals surface area contributed by atoms with Gasteiger partial charge >= 0.3 is 11.9 Å². The van der Waals surface area contributed by atoms with Crippen molar-refractivity contribution < 1.29 is 43.6 Å². The topological polar surface area (TPSA) is 136 Å². The lowest BCUT2D eigenvalue weighted by molar-refractivity contribution is -0.148. The number of hydrogen-bond donors (Lipinski definition) is 2. The lowest BCUT2D eigenvalue weighted by Crippen LogP contribution is -2.34. The number of aliphatic hydroxyl groups is 2. The van der Waals surface area contributed by atoms with Crippen LogP contribution < -0.4 is 0 Å². The molecular formula is C22H26O9. The molecular weight excluding hydrogens is 408 g/mol. The van der Waals surface area contributed by atoms with Crippen molar-refractivity contribution in [2.75, 3.05) is 0 Å². The second kappa shape index (κ2) is 8.49. The van der Waals surface area contributed by atoms with E-state index in [-0.39, 0.29) is 36.0 Å². The molecule has 9 heteroatoms. The Morgan fingerprint density at radius 1 is 1.32 bits per heavy atom. The number of carbonyl (C=O) groups is 4. The van der Waals surface area contributed by atoms with Crippen LogP contribution in [-0.4, -0.2) is 63.9 Å². The number of fused-ring (bicyclic) bond motifs is 2. The molecule has 0 unspecified atom stereocenters. The van der Waals surface area contributed by atoms with Gasteiger partial charge in [-0.05, 0) is 43.6 Å². The molecule has 0 amide bonds. The Morgan fingerprint density at radius 2 is 2.00 bits per heavy atom. The number of allylic oxidation sites excluding steroid dienone is 1. The number of rotatable bonds is 1. The summed E-state index contributed by atoms with van der Waals surface area (Å²) in [5, 5.41) is 20.8. The average Bonchev–Trinajstić information content (AvgIpc) is 3.12. The first-order chi connectivity index (χ1) is 14.4. The highest BCUT2D eigenvalue weighted by atomic mass is 16.6. The lowest BCUT2D eigenvalue weighted by Gasteiger charge is -2.25. The van der Waals surface area contributed by atoms with Crippen molar-refractivity contribution in [1.29, 1.82) is 0 Å². The fourth-order valence-corrected chi connectivity index (χ4v) is 4.20. The highest BCUT2D eigenvalue weighted by molar-refractivity contribution is 6.05. The zero-order valence-corrected chi connectivity index (χ0v) is 17.6. The molecule has 6 atom stereocenters. The van der Waals surface area contributed by atoms with E-state index in [1.165, 1.54) is 26.8 Å². The number of carbonyl (C=O) groups excluding carboxylic acids is 4. The Labute approximate surface area is 179 Å². The van der Waals surface area contributed by atoms with Gasteiger partial charge in [-0.2, -0.15) is 0 Å². The number of hydrogen-bond acceptors (Lipinski definition) is 9. The third-order valence-electron chi connectivity index (χ3n) is 5.64. The standard InChI is InChI=1S/C22H26O9/c1-10-5-13(24)8-22(4,28)9-14-6-16(21(27)30-14)17(29-12(3)23)7-15-11(2)20(26)31-19(15)18(10)25/h5-6,14-15,17,19-20,26,28H,2,7-9H2,1,3-4H3/b10-5-/t14-,15+,17-,19+,20+,22-/m1/s1. The molecule has 1 saturated heterocycles. The molecule has 1 fully saturated rings. The van der Waals surface area contributed by atoms with E-state index in [4.69, 9.17) is 14.2 Å². The van der Waals surface area contributed by atoms with Crippen LogP contribution in [0, 0.1) is 5.92 Å². The Hall–Kier alpha value is -2.62. The summed E-state index contributed by atoms with van der Waals surface area (Å²) in [7, 11) is 0. The summed E-state index contributed by atoms with van der Waals surface area (Å²) in [6, 6.07) is 0. The molecule has 9 nitrogen and oxygen atoms in total. The second-order valence-corrected chi connectivity index (χ2v) is 8.53. The summed E-state index contributed by atoms with van der Waals surface area (Å²) in [4.78, 5) is 49.6. The first-order valence-corrected chi connectivity index (χ1v) is 9.98. The molecule has 0 radical (unpaired) electrons. The van der Waals surface area contributed by atoms with Crippen molar-refractivity contribution in [2.24, 2.45) is 5.92 Å². The molecule has 0 aromatic carbocycles. The van der Waals surface area contributed by atoms with Crippen molar-refractivity contribution in [2.45, 2.75) is 70.2 Å². The summed E-state index contributed by atoms with van der Waals surface area (Å²) in [6.45, 7) is 7.84. The van der Waals surface area contributed by atoms with Gasteiger partial charge < -0.3 is 24.4 Å². The summed E-state index contributed by atoms with van der Waals surface area (Å²) < 4.78 is 16.0. The van der Waals surface area contributed by atoms with Crippen LogP contribution in [0.15, 0.2) is 35.5 Å². The minimum Gasteiger partial charge on any atom is -0.457 e. The van der Waals surface area contributed by atoms with Crippen molar-refractivity contribution in [3.05, 3.63) is 35.5 Å². The Morgan fingerprint density at radius 3 is 2.65 bits per heavy atom. The number of Topliss-reactive ketones (excluding diaryl/α,β-unsaturated/α-hetero) is 1. The van der Waals surface area contributed by atoms with Crippen LogP contribution in [-0.2, 0) is 33.4 Å². The van der Waals surface area contributed by atoms with Gasteiger partial charge in [0.1, 0.15) is 18.3 Å². The van der Waals surface area contributed by atoms with Crippen LogP contribution in [0.3, 0.4) is 0 Å². The van der Waals surface area contributed by atoms with E-state index in [1.807, 2.05) is 0 Å². The van der Waals surface area contributed by atoms with Crippen molar-refractivity contribution >= 4 is 23.5 Å². The predicted molar refractivity (Wildman–Crippen MR) is 105 cm³/mol. The van der Waals surface area contributed by atoms with Gasteiger partial charge in [-0.3, -0.25) is 14.4 Å². The van der Waals surface area contributed by atoms with Crippen LogP contribution >= 0.6 is 0 Å². The van der Waals surface area contributed by atoms with E-state index in [9.17, 15) is 29.4 Å². The molecule has 3 aliphatic rings. The zero-order chi connectivity index (χ0) is 23.1. The fourth-order valence-electron chi connectivity index (χ4n) is 4.20. The summed E-state index contributed by atoms with van der Waals surface area (Å²) in [5.74, 6) is -3.17. The van der Waals surface area contributed by atoms with E-state index in [0.717, 1.165) is 6.08 Å². The summed E-state index contributed by atoms with van der Waals surface area (Å²) >= 11 is 0. The first-order valence-electron chi connectivity index (χ1n) is 9.98. The second-order valence-electron chi connectivity index (χ2n) is 8.53. The molecule has 3 rings (SSSR count). The van der Waals surface area contributed by atoms with Gasteiger partial charge in [0.15, 0.2) is 17.9 Å². The number of ether oxygens (including phenoxy) is 3. The third kappa shape index (κ3) is 5.00. The molecule has 0 saturated carbocycles. The van der Waals surface area contributed by atoms with Gasteiger partial charge in [-0.1, -0.05) is 6.58 Å². The largest absolute Gasteiger partial charge is 0.457 e. The highest BCUT2D eigenvalue weighted by Crippen LogP contribution is 2.38. The zero-order valence-electron chi connectivity index (χ0n) is 17.6. The van der Waals surface area contributed by atoms with E-state index in [2.05, 4.69) is 6.58 Å². The monoisotopic (exact) mass is 434 g/mol. The van der Waals surface area contributed by atoms with Crippen LogP contribution in [0.1, 0.15) is 40.0 Å². The smallest absolute Gasteiger partial charge is 0.338 e. The molecule has 1 aliphatic carbocycles. The van der Waals surface area contributed by atoms with Gasteiger partial charge in [0, 0.05) is 25.7 Å². The van der Waals surface area contributed by atoms with Crippen LogP contribution in [0.5, 0.6) is 0 Å². The van der Waals surface area contributed by atoms with E-state index in [0.29, 0.717) is 0 Å². The molecule has 168 valence electrons. The Balaban J connectivity index is 2.06. The van der Waals surface area contributed by atoms with Gasteiger partial charge in [0.2, 0.25) is 0 Å². The molecule has 2 heterocycles. The van der Waals surface area contributed by atoms with Crippen molar-refractivity contribution in [3.8, 4) is 0 Å². The summed E-state index contributed by atoms with van der Waals surface area (Å²) in [6.07, 6.45) is -2.32. The molecule has 2 bridgehead atoms. The first kappa shape index (κ1) is 23.1. The maximum Gasteiger partial charge on any atom is 0.338 e. The SMILES string of the molecule is C=C1[C@@H](O)O[C@@H]2C(=O)/C(C)=C\C(=O)C[C@@](C)(O)C[C@H]3C=C(C(=O)O3)[C@H](OC(C)=O)C[C@@H]12. The van der Waals surface area contributed by atoms with Gasteiger partial charge in [-0.15, -0.1) is 0 Å². The fraction of sp³-hybridized carbons (Fsp3) is 0.545. The molecule has 0 spiro atoms. The van der Waals surface area contributed by atoms with Crippen molar-refractivity contribution in [1.82, 2.24) is 0 Å².